The van der Waals surface area contributed by atoms with Crippen molar-refractivity contribution in [2.45, 2.75) is 141 Å². The molecule has 55 heavy (non-hydrogen) atoms. The average molecular weight is 805 g/mol. The Kier molecular flexibility index (Phi) is 30.9. The smallest absolute Gasteiger partial charge is 0.234 e. The number of hydrazine groups is 4. The third kappa shape index (κ3) is 21.8. The van der Waals surface area contributed by atoms with Crippen LogP contribution < -0.4 is 55.3 Å². The standard InChI is InChI=1S/C14H27N5O7.C8H15NO6.C6H14N4O2.2CH4/c1-7(21)16-11-13(25)12(24)8(6-20)26-14(11)19-18-10(23)5-3-2-4-9(22)17-15;1-3(11)9-5-7(13)6(12)4(2-10)15-8(5)14;7-9-5(11)3-1-2-4-6(12)10-8;;/h8,11-14,19-20,24-25H,2-6,15H2,1H3,(H,16,21)(H,17,22)(H,18,23);4-8,10,12-14H,2H2,1H3,(H,9,11);1-4,7-8H2,(H,9,11)(H,10,12);2*1H4. The molecule has 0 radical (unpaired) electrons. The van der Waals surface area contributed by atoms with Crippen LogP contribution in [0.15, 0.2) is 0 Å². The molecule has 20 N–H and O–H groups in total. The van der Waals surface area contributed by atoms with Crippen molar-refractivity contribution in [1.29, 1.82) is 0 Å². The third-order valence-electron chi connectivity index (χ3n) is 7.52. The Balaban J connectivity index is -0.000000794. The molecule has 0 aromatic heterocycles. The molecular weight excluding hydrogens is 740 g/mol. The van der Waals surface area contributed by atoms with Crippen molar-refractivity contribution in [3.63, 3.8) is 0 Å². The van der Waals surface area contributed by atoms with Gasteiger partial charge in [0.25, 0.3) is 0 Å². The topological polar surface area (TPSA) is 425 Å². The largest absolute Gasteiger partial charge is 0.394 e. The summed E-state index contributed by atoms with van der Waals surface area (Å²) >= 11 is 0. The van der Waals surface area contributed by atoms with Gasteiger partial charge in [-0.15, -0.1) is 0 Å². The average Bonchev–Trinajstić information content (AvgIpc) is 3.13. The van der Waals surface area contributed by atoms with E-state index in [1.54, 1.807) is 0 Å². The van der Waals surface area contributed by atoms with E-state index in [9.17, 15) is 59.4 Å². The highest BCUT2D eigenvalue weighted by Gasteiger charge is 2.45. The van der Waals surface area contributed by atoms with Crippen molar-refractivity contribution in [2.75, 3.05) is 13.2 Å². The van der Waals surface area contributed by atoms with Crippen molar-refractivity contribution in [3.05, 3.63) is 0 Å². The van der Waals surface area contributed by atoms with Crippen molar-refractivity contribution < 1.29 is 74.0 Å². The normalized spacial score (nSPS) is 26.6. The first-order chi connectivity index (χ1) is 25.0. The van der Waals surface area contributed by atoms with Gasteiger partial charge in [0.05, 0.1) is 19.3 Å². The number of carbonyl (C=O) groups is 6. The number of nitrogens with one attached hydrogen (secondary N) is 7. The lowest BCUT2D eigenvalue weighted by Gasteiger charge is -2.42. The first kappa shape index (κ1) is 55.6. The quantitative estimate of drug-likeness (QED) is 0.0298. The van der Waals surface area contributed by atoms with Gasteiger partial charge < -0.3 is 55.9 Å². The van der Waals surface area contributed by atoms with Gasteiger partial charge >= 0.3 is 0 Å². The molecule has 324 valence electrons. The van der Waals surface area contributed by atoms with Crippen LogP contribution >= 0.6 is 0 Å². The molecule has 2 saturated heterocycles. The van der Waals surface area contributed by atoms with Gasteiger partial charge in [-0.05, 0) is 25.7 Å². The molecule has 0 bridgehead atoms. The molecular formula is C30H64N10O15. The van der Waals surface area contributed by atoms with E-state index in [1.807, 2.05) is 16.3 Å². The molecule has 25 heteroatoms. The first-order valence-electron chi connectivity index (χ1n) is 16.5. The Hall–Kier alpha value is -3.70. The number of unbranched alkanes of at least 4 members (excludes halogenated alkanes) is 2. The predicted molar refractivity (Wildman–Crippen MR) is 192 cm³/mol. The number of amides is 6. The van der Waals surface area contributed by atoms with Crippen LogP contribution in [0.5, 0.6) is 0 Å². The molecule has 0 aromatic carbocycles. The number of hydrogen-bond acceptors (Lipinski definition) is 19. The number of hydrogen-bond donors (Lipinski definition) is 17. The molecule has 2 rings (SSSR count). The third-order valence-corrected chi connectivity index (χ3v) is 7.52. The zero-order chi connectivity index (χ0) is 40.7. The van der Waals surface area contributed by atoms with Crippen LogP contribution in [-0.2, 0) is 38.2 Å². The van der Waals surface area contributed by atoms with Crippen molar-refractivity contribution in [2.24, 2.45) is 17.5 Å². The van der Waals surface area contributed by atoms with Gasteiger partial charge in [0.2, 0.25) is 35.4 Å². The van der Waals surface area contributed by atoms with Crippen LogP contribution in [0.2, 0.25) is 0 Å². The Morgan fingerprint density at radius 3 is 1.25 bits per heavy atom. The number of aliphatic hydroxyl groups is 7. The molecule has 0 aromatic rings. The highest BCUT2D eigenvalue weighted by molar-refractivity contribution is 5.77. The molecule has 0 spiro atoms. The molecule has 2 aliphatic rings. The summed E-state index contributed by atoms with van der Waals surface area (Å²) < 4.78 is 10.2. The van der Waals surface area contributed by atoms with E-state index in [2.05, 4.69) is 21.5 Å². The van der Waals surface area contributed by atoms with Crippen molar-refractivity contribution in [3.8, 4) is 0 Å². The summed E-state index contributed by atoms with van der Waals surface area (Å²) in [5.41, 5.74) is 10.9. The number of carbonyl (C=O) groups excluding carboxylic acids is 6. The van der Waals surface area contributed by atoms with Gasteiger partial charge in [-0.3, -0.25) is 50.5 Å². The fourth-order valence-electron chi connectivity index (χ4n) is 4.70. The van der Waals surface area contributed by atoms with Gasteiger partial charge in [-0.1, -0.05) is 14.9 Å². The second kappa shape index (κ2) is 30.5. The Bertz CT molecular complexity index is 1130. The molecule has 25 nitrogen and oxygen atoms in total. The lowest BCUT2D eigenvalue weighted by atomic mass is 9.96. The first-order valence-corrected chi connectivity index (χ1v) is 16.5. The summed E-state index contributed by atoms with van der Waals surface area (Å²) in [6.07, 6.45) is -7.00. The number of nitrogens with two attached hydrogens (primary N) is 3. The zero-order valence-corrected chi connectivity index (χ0v) is 29.5. The maximum absolute atomic E-state index is 11.8. The maximum atomic E-state index is 11.8. The SMILES string of the molecule is C.C.CC(=O)NC1C(NNC(=O)CCCCC(=O)NN)OC(CO)C(O)C1O.CC(=O)NC1C(O)OC(CO)C(O)C1O.NNC(=O)CCCCC(=O)NN. The highest BCUT2D eigenvalue weighted by Crippen LogP contribution is 2.20. The van der Waals surface area contributed by atoms with Crippen LogP contribution in [0, 0.1) is 0 Å². The van der Waals surface area contributed by atoms with Crippen LogP contribution in [0.25, 0.3) is 0 Å². The van der Waals surface area contributed by atoms with Gasteiger partial charge in [0.15, 0.2) is 6.29 Å². The summed E-state index contributed by atoms with van der Waals surface area (Å²) in [4.78, 5) is 65.9. The van der Waals surface area contributed by atoms with Gasteiger partial charge in [0, 0.05) is 39.5 Å². The minimum absolute atomic E-state index is 0. The fourth-order valence-corrected chi connectivity index (χ4v) is 4.70. The fraction of sp³-hybridized carbons (Fsp3) is 0.800. The van der Waals surface area contributed by atoms with Gasteiger partial charge in [-0.25, -0.2) is 23.0 Å². The maximum Gasteiger partial charge on any atom is 0.234 e. The monoisotopic (exact) mass is 804 g/mol. The van der Waals surface area contributed by atoms with Crippen molar-refractivity contribution in [1.82, 2.24) is 37.8 Å². The van der Waals surface area contributed by atoms with E-state index in [0.717, 1.165) is 0 Å². The van der Waals surface area contributed by atoms with E-state index < -0.39 is 92.2 Å². The summed E-state index contributed by atoms with van der Waals surface area (Å²) in [7, 11) is 0. The van der Waals surface area contributed by atoms with Crippen LogP contribution in [0.1, 0.15) is 80.1 Å². The van der Waals surface area contributed by atoms with E-state index in [-0.39, 0.29) is 45.4 Å². The minimum Gasteiger partial charge on any atom is -0.394 e. The van der Waals surface area contributed by atoms with E-state index in [0.29, 0.717) is 38.5 Å². The zero-order valence-electron chi connectivity index (χ0n) is 29.5. The predicted octanol–water partition coefficient (Wildman–Crippen LogP) is -7.18. The Morgan fingerprint density at radius 2 is 0.891 bits per heavy atom. The van der Waals surface area contributed by atoms with Crippen LogP contribution in [0.3, 0.4) is 0 Å². The number of ether oxygens (including phenoxy) is 2. The number of rotatable bonds is 16. The Morgan fingerprint density at radius 1 is 0.545 bits per heavy atom. The highest BCUT2D eigenvalue weighted by atomic mass is 16.6. The minimum atomic E-state index is -1.45. The molecule has 0 saturated carbocycles. The second-order valence-corrected chi connectivity index (χ2v) is 11.7. The lowest BCUT2D eigenvalue weighted by Crippen LogP contribution is -2.69. The second-order valence-electron chi connectivity index (χ2n) is 11.7. The summed E-state index contributed by atoms with van der Waals surface area (Å²) in [5, 5.41) is 71.0. The molecule has 6 amide bonds. The van der Waals surface area contributed by atoms with Crippen LogP contribution in [0.4, 0.5) is 0 Å². The molecule has 2 aliphatic heterocycles. The summed E-state index contributed by atoms with van der Waals surface area (Å²) in [5.74, 6) is 12.5. The summed E-state index contributed by atoms with van der Waals surface area (Å²) in [6.45, 7) is 1.36. The molecule has 10 unspecified atom stereocenters. The molecule has 10 atom stereocenters. The lowest BCUT2D eigenvalue weighted by molar-refractivity contribution is -0.253. The van der Waals surface area contributed by atoms with Crippen LogP contribution in [-0.4, -0.2) is 146 Å². The van der Waals surface area contributed by atoms with Gasteiger partial charge in [0.1, 0.15) is 48.9 Å². The molecule has 2 heterocycles. The van der Waals surface area contributed by atoms with Gasteiger partial charge in [-0.2, -0.15) is 0 Å². The summed E-state index contributed by atoms with van der Waals surface area (Å²) in [6, 6.07) is -2.14. The molecule has 0 aliphatic carbocycles. The van der Waals surface area contributed by atoms with E-state index in [1.165, 1.54) is 13.8 Å². The van der Waals surface area contributed by atoms with Crippen molar-refractivity contribution >= 4 is 35.4 Å². The van der Waals surface area contributed by atoms with E-state index in [4.69, 9.17) is 32.1 Å². The van der Waals surface area contributed by atoms with E-state index >= 15 is 0 Å². The number of aliphatic hydroxyl groups excluding tert-OH is 7. The molecule has 2 fully saturated rings. The Labute approximate surface area is 319 Å².